The van der Waals surface area contributed by atoms with Crippen LogP contribution in [-0.4, -0.2) is 19.9 Å². The number of hydrogen-bond acceptors (Lipinski definition) is 5. The molecule has 1 atom stereocenters. The summed E-state index contributed by atoms with van der Waals surface area (Å²) in [7, 11) is 0. The molecule has 8 aromatic carbocycles. The Kier molecular flexibility index (Phi) is 8.89. The summed E-state index contributed by atoms with van der Waals surface area (Å²) in [5.74, 6) is 2.19. The van der Waals surface area contributed by atoms with Crippen molar-refractivity contribution < 1.29 is 0 Å². The lowest BCUT2D eigenvalue weighted by molar-refractivity contribution is 0.832. The maximum Gasteiger partial charge on any atom is 0.165 e. The summed E-state index contributed by atoms with van der Waals surface area (Å²) in [6.45, 7) is 0. The van der Waals surface area contributed by atoms with E-state index in [9.17, 15) is 0 Å². The zero-order valence-electron chi connectivity index (χ0n) is 34.3. The maximum absolute atomic E-state index is 5.28. The Morgan fingerprint density at radius 3 is 1.59 bits per heavy atom. The van der Waals surface area contributed by atoms with Crippen LogP contribution in [0, 0.1) is 0 Å². The van der Waals surface area contributed by atoms with E-state index >= 15 is 0 Å². The molecule has 296 valence electrons. The fourth-order valence-corrected chi connectivity index (χ4v) is 9.61. The Balaban J connectivity index is 0.960. The second kappa shape index (κ2) is 15.3. The normalized spacial score (nSPS) is 14.3. The van der Waals surface area contributed by atoms with Gasteiger partial charge in [-0.15, -0.1) is 0 Å². The standard InChI is InChI=1S/C58H39N5/c1-3-14-41(15-4-1)56-60-57(42-31-27-39(28-32-42)44-16-13-35-59-37-44)62-58(61-56)55-49-22-9-7-20-47(49)54(48-21-8-10-23-50(48)55)40-29-25-38(26-30-40)43-33-34-53-51(36-43)46-19-11-12-24-52(46)63(53)45-17-5-2-6-18-45/h1-35,37,51H,36H2. The van der Waals surface area contributed by atoms with Gasteiger partial charge in [0.25, 0.3) is 0 Å². The molecular weight excluding hydrogens is 767 g/mol. The molecule has 1 unspecified atom stereocenters. The molecule has 0 saturated heterocycles. The first kappa shape index (κ1) is 36.6. The van der Waals surface area contributed by atoms with Gasteiger partial charge in [-0.3, -0.25) is 4.98 Å². The third kappa shape index (κ3) is 6.41. The Morgan fingerprint density at radius 2 is 0.921 bits per heavy atom. The minimum absolute atomic E-state index is 0.297. The van der Waals surface area contributed by atoms with Crippen molar-refractivity contribution in [3.63, 3.8) is 0 Å². The van der Waals surface area contributed by atoms with Crippen LogP contribution in [0.15, 0.2) is 224 Å². The van der Waals surface area contributed by atoms with E-state index in [1.807, 2.05) is 30.5 Å². The van der Waals surface area contributed by atoms with Gasteiger partial charge in [0.15, 0.2) is 17.5 Å². The van der Waals surface area contributed by atoms with Crippen LogP contribution in [-0.2, 0) is 0 Å². The first-order chi connectivity index (χ1) is 31.2. The molecule has 0 spiro atoms. The number of pyridine rings is 1. The third-order valence-corrected chi connectivity index (χ3v) is 12.6. The van der Waals surface area contributed by atoms with Gasteiger partial charge in [-0.2, -0.15) is 0 Å². The quantitative estimate of drug-likeness (QED) is 0.150. The first-order valence-electron chi connectivity index (χ1n) is 21.5. The molecule has 63 heavy (non-hydrogen) atoms. The van der Waals surface area contributed by atoms with E-state index in [-0.39, 0.29) is 0 Å². The van der Waals surface area contributed by atoms with Crippen LogP contribution >= 0.6 is 0 Å². The molecule has 0 radical (unpaired) electrons. The number of benzene rings is 8. The number of aromatic nitrogens is 4. The highest BCUT2D eigenvalue weighted by Crippen LogP contribution is 2.53. The topological polar surface area (TPSA) is 54.8 Å². The van der Waals surface area contributed by atoms with E-state index in [2.05, 4.69) is 192 Å². The Labute approximate surface area is 366 Å². The van der Waals surface area contributed by atoms with Crippen LogP contribution < -0.4 is 4.90 Å². The van der Waals surface area contributed by atoms with Gasteiger partial charge in [-0.05, 0) is 97.3 Å². The maximum atomic E-state index is 5.28. The van der Waals surface area contributed by atoms with Crippen molar-refractivity contribution in [3.05, 3.63) is 235 Å². The van der Waals surface area contributed by atoms with E-state index in [0.717, 1.165) is 55.8 Å². The number of fused-ring (bicyclic) bond motifs is 5. The molecule has 2 aliphatic rings. The van der Waals surface area contributed by atoms with Crippen LogP contribution in [0.3, 0.4) is 0 Å². The van der Waals surface area contributed by atoms with E-state index in [0.29, 0.717) is 23.4 Å². The number of rotatable bonds is 7. The first-order valence-corrected chi connectivity index (χ1v) is 21.5. The van der Waals surface area contributed by atoms with Crippen molar-refractivity contribution in [2.45, 2.75) is 12.3 Å². The van der Waals surface area contributed by atoms with Crippen LogP contribution in [0.25, 0.3) is 83.5 Å². The van der Waals surface area contributed by atoms with Gasteiger partial charge in [0.1, 0.15) is 0 Å². The Hall–Kier alpha value is -8.28. The molecule has 0 amide bonds. The van der Waals surface area contributed by atoms with Gasteiger partial charge in [-0.25, -0.2) is 15.0 Å². The largest absolute Gasteiger partial charge is 0.313 e. The molecule has 3 heterocycles. The van der Waals surface area contributed by atoms with Gasteiger partial charge in [0.2, 0.25) is 0 Å². The summed E-state index contributed by atoms with van der Waals surface area (Å²) < 4.78 is 0. The predicted molar refractivity (Wildman–Crippen MR) is 258 cm³/mol. The molecule has 0 saturated carbocycles. The lowest BCUT2D eigenvalue weighted by atomic mass is 9.84. The van der Waals surface area contributed by atoms with Crippen LogP contribution in [0.1, 0.15) is 23.5 Å². The Morgan fingerprint density at radius 1 is 0.397 bits per heavy atom. The van der Waals surface area contributed by atoms with E-state index in [1.165, 1.54) is 44.9 Å². The van der Waals surface area contributed by atoms with Crippen molar-refractivity contribution in [1.29, 1.82) is 0 Å². The number of hydrogen-bond donors (Lipinski definition) is 0. The summed E-state index contributed by atoms with van der Waals surface area (Å²) in [5, 5.41) is 4.48. The highest BCUT2D eigenvalue weighted by Gasteiger charge is 2.36. The lowest BCUT2D eigenvalue weighted by Crippen LogP contribution is -2.15. The minimum Gasteiger partial charge on any atom is -0.313 e. The fraction of sp³-hybridized carbons (Fsp3) is 0.0345. The molecule has 1 aliphatic carbocycles. The molecule has 5 heteroatoms. The molecule has 0 N–H and O–H groups in total. The van der Waals surface area contributed by atoms with E-state index in [4.69, 9.17) is 15.0 Å². The smallest absolute Gasteiger partial charge is 0.165 e. The second-order valence-electron chi connectivity index (χ2n) is 16.2. The van der Waals surface area contributed by atoms with E-state index in [1.54, 1.807) is 6.20 Å². The Bertz CT molecular complexity index is 3340. The van der Waals surface area contributed by atoms with Crippen molar-refractivity contribution in [1.82, 2.24) is 19.9 Å². The van der Waals surface area contributed by atoms with Crippen molar-refractivity contribution >= 4 is 38.5 Å². The minimum atomic E-state index is 0.297. The van der Waals surface area contributed by atoms with Crippen molar-refractivity contribution in [2.75, 3.05) is 4.90 Å². The summed E-state index contributed by atoms with van der Waals surface area (Å²) in [6, 6.07) is 68.7. The van der Waals surface area contributed by atoms with Gasteiger partial charge < -0.3 is 4.90 Å². The second-order valence-corrected chi connectivity index (χ2v) is 16.2. The molecule has 1 aliphatic heterocycles. The average Bonchev–Trinajstić information content (AvgIpc) is 3.70. The van der Waals surface area contributed by atoms with Gasteiger partial charge in [-0.1, -0.05) is 176 Å². The predicted octanol–water partition coefficient (Wildman–Crippen LogP) is 14.5. The van der Waals surface area contributed by atoms with Gasteiger partial charge in [0, 0.05) is 52.1 Å². The van der Waals surface area contributed by atoms with Crippen LogP contribution in [0.4, 0.5) is 11.4 Å². The monoisotopic (exact) mass is 805 g/mol. The summed E-state index contributed by atoms with van der Waals surface area (Å²) in [6.07, 6.45) is 9.27. The number of nitrogens with zero attached hydrogens (tertiary/aromatic N) is 5. The lowest BCUT2D eigenvalue weighted by Gasteiger charge is -2.26. The zero-order valence-corrected chi connectivity index (χ0v) is 34.3. The molecule has 10 aromatic rings. The highest BCUT2D eigenvalue weighted by molar-refractivity contribution is 6.20. The molecule has 2 aromatic heterocycles. The highest BCUT2D eigenvalue weighted by atomic mass is 15.2. The van der Waals surface area contributed by atoms with Crippen LogP contribution in [0.2, 0.25) is 0 Å². The molecular formula is C58H39N5. The van der Waals surface area contributed by atoms with Gasteiger partial charge in [0.05, 0.1) is 0 Å². The zero-order chi connectivity index (χ0) is 41.7. The summed E-state index contributed by atoms with van der Waals surface area (Å²) in [5.41, 5.74) is 15.1. The van der Waals surface area contributed by atoms with E-state index < -0.39 is 0 Å². The summed E-state index contributed by atoms with van der Waals surface area (Å²) >= 11 is 0. The summed E-state index contributed by atoms with van der Waals surface area (Å²) in [4.78, 5) is 22.3. The number of anilines is 2. The molecule has 5 nitrogen and oxygen atoms in total. The van der Waals surface area contributed by atoms with Crippen LogP contribution in [0.5, 0.6) is 0 Å². The number of allylic oxidation sites excluding steroid dienone is 4. The fourth-order valence-electron chi connectivity index (χ4n) is 9.61. The molecule has 12 rings (SSSR count). The SMILES string of the molecule is C1=C(c2ccc(-c3c4ccccc4c(-c4nc(-c5ccccc5)nc(-c5ccc(-c6cccnc6)cc5)n4)c4ccccc34)cc2)CC2C(=C1)N(c1ccccc1)c1ccccc12. The molecule has 0 bridgehead atoms. The molecule has 0 fully saturated rings. The number of para-hydroxylation sites is 2. The van der Waals surface area contributed by atoms with Crippen molar-refractivity contribution in [2.24, 2.45) is 0 Å². The average molecular weight is 806 g/mol. The third-order valence-electron chi connectivity index (χ3n) is 12.6. The van der Waals surface area contributed by atoms with Gasteiger partial charge >= 0.3 is 0 Å². The van der Waals surface area contributed by atoms with Crippen molar-refractivity contribution in [3.8, 4) is 56.4 Å².